The van der Waals surface area contributed by atoms with Gasteiger partial charge < -0.3 is 10.1 Å². The molecule has 1 saturated carbocycles. The van der Waals surface area contributed by atoms with Crippen LogP contribution in [0.15, 0.2) is 28.7 Å². The smallest absolute Gasteiger partial charge is 0.217 e. The van der Waals surface area contributed by atoms with Gasteiger partial charge in [-0.2, -0.15) is 0 Å². The highest BCUT2D eigenvalue weighted by Crippen LogP contribution is 2.48. The Kier molecular flexibility index (Phi) is 4.84. The average molecular weight is 380 g/mol. The van der Waals surface area contributed by atoms with Gasteiger partial charge in [-0.1, -0.05) is 47.5 Å². The van der Waals surface area contributed by atoms with E-state index in [-0.39, 0.29) is 23.7 Å². The molecule has 1 aromatic rings. The first-order valence-electron chi connectivity index (χ1n) is 8.57. The minimum Gasteiger partial charge on any atom is -0.370 e. The Balaban J connectivity index is 1.92. The van der Waals surface area contributed by atoms with E-state index in [4.69, 9.17) is 4.74 Å². The third-order valence-corrected chi connectivity index (χ3v) is 6.26. The minimum absolute atomic E-state index is 0.0222. The molecule has 23 heavy (non-hydrogen) atoms. The second kappa shape index (κ2) is 6.56. The lowest BCUT2D eigenvalue weighted by Crippen LogP contribution is -2.60. The summed E-state index contributed by atoms with van der Waals surface area (Å²) in [7, 11) is 0. The first-order chi connectivity index (χ1) is 10.9. The van der Waals surface area contributed by atoms with E-state index in [0.717, 1.165) is 23.7 Å². The van der Waals surface area contributed by atoms with E-state index in [9.17, 15) is 4.79 Å². The van der Waals surface area contributed by atoms with Gasteiger partial charge >= 0.3 is 0 Å². The number of fused-ring (bicyclic) bond motifs is 1. The summed E-state index contributed by atoms with van der Waals surface area (Å²) in [5, 5.41) is 3.26. The summed E-state index contributed by atoms with van der Waals surface area (Å²) >= 11 is 3.65. The van der Waals surface area contributed by atoms with Crippen LogP contribution >= 0.6 is 15.9 Å². The van der Waals surface area contributed by atoms with Crippen molar-refractivity contribution in [3.8, 4) is 0 Å². The number of halogens is 1. The van der Waals surface area contributed by atoms with Gasteiger partial charge in [-0.15, -0.1) is 0 Å². The number of carbonyl (C=O) groups is 1. The maximum Gasteiger partial charge on any atom is 0.217 e. The van der Waals surface area contributed by atoms with Crippen LogP contribution in [0.4, 0.5) is 0 Å². The first-order valence-corrected chi connectivity index (χ1v) is 9.37. The molecule has 0 bridgehead atoms. The second-order valence-electron chi connectivity index (χ2n) is 7.51. The van der Waals surface area contributed by atoms with Crippen molar-refractivity contribution in [1.82, 2.24) is 5.32 Å². The Bertz CT molecular complexity index is 590. The van der Waals surface area contributed by atoms with Crippen LogP contribution in [0.25, 0.3) is 0 Å². The molecule has 3 rings (SSSR count). The molecule has 0 radical (unpaired) electrons. The molecule has 4 heteroatoms. The topological polar surface area (TPSA) is 38.3 Å². The molecule has 0 spiro atoms. The SMILES string of the molecule is CC(=O)N[C@]1(C)C[C@H](c2ccccc2Br)O[C@@H]2C[C@H](C)CC[C@H]21. The van der Waals surface area contributed by atoms with E-state index in [1.165, 1.54) is 12.0 Å². The number of hydrogen-bond donors (Lipinski definition) is 1. The highest BCUT2D eigenvalue weighted by atomic mass is 79.9. The molecule has 0 aromatic heterocycles. The largest absolute Gasteiger partial charge is 0.370 e. The number of benzene rings is 1. The van der Waals surface area contributed by atoms with Crippen LogP contribution in [-0.2, 0) is 9.53 Å². The van der Waals surface area contributed by atoms with Crippen molar-refractivity contribution in [3.05, 3.63) is 34.3 Å². The summed E-state index contributed by atoms with van der Waals surface area (Å²) in [6.07, 6.45) is 4.51. The normalized spacial score (nSPS) is 37.0. The Morgan fingerprint density at radius 1 is 1.35 bits per heavy atom. The fourth-order valence-corrected chi connectivity index (χ4v) is 5.01. The summed E-state index contributed by atoms with van der Waals surface area (Å²) in [5.74, 6) is 1.15. The average Bonchev–Trinajstić information content (AvgIpc) is 2.45. The number of nitrogens with one attached hydrogen (secondary N) is 1. The highest BCUT2D eigenvalue weighted by Gasteiger charge is 2.49. The second-order valence-corrected chi connectivity index (χ2v) is 8.37. The van der Waals surface area contributed by atoms with E-state index in [1.54, 1.807) is 6.92 Å². The summed E-state index contributed by atoms with van der Waals surface area (Å²) < 4.78 is 7.60. The molecule has 1 N–H and O–H groups in total. The van der Waals surface area contributed by atoms with Gasteiger partial charge in [-0.3, -0.25) is 4.79 Å². The zero-order valence-electron chi connectivity index (χ0n) is 14.1. The van der Waals surface area contributed by atoms with Gasteiger partial charge in [0.2, 0.25) is 5.91 Å². The molecule has 0 unspecified atom stereocenters. The molecule has 3 nitrogen and oxygen atoms in total. The van der Waals surface area contributed by atoms with Crippen LogP contribution in [0, 0.1) is 11.8 Å². The van der Waals surface area contributed by atoms with Crippen LogP contribution in [0.3, 0.4) is 0 Å². The fraction of sp³-hybridized carbons (Fsp3) is 0.632. The molecule has 1 saturated heterocycles. The molecule has 1 aliphatic carbocycles. The summed E-state index contributed by atoms with van der Waals surface area (Å²) in [5.41, 5.74) is 0.982. The highest BCUT2D eigenvalue weighted by molar-refractivity contribution is 9.10. The Labute approximate surface area is 147 Å². The zero-order valence-corrected chi connectivity index (χ0v) is 15.7. The van der Waals surface area contributed by atoms with Crippen molar-refractivity contribution in [2.75, 3.05) is 0 Å². The Morgan fingerprint density at radius 2 is 2.09 bits per heavy atom. The number of ether oxygens (including phenoxy) is 1. The minimum atomic E-state index is -0.200. The molecular formula is C19H26BrNO2. The lowest BCUT2D eigenvalue weighted by molar-refractivity contribution is -0.153. The van der Waals surface area contributed by atoms with Crippen molar-refractivity contribution in [2.24, 2.45) is 11.8 Å². The van der Waals surface area contributed by atoms with Gasteiger partial charge in [0.1, 0.15) is 0 Å². The first kappa shape index (κ1) is 17.0. The quantitative estimate of drug-likeness (QED) is 0.814. The fourth-order valence-electron chi connectivity index (χ4n) is 4.47. The van der Waals surface area contributed by atoms with Crippen LogP contribution in [0.1, 0.15) is 58.1 Å². The van der Waals surface area contributed by atoms with Gasteiger partial charge in [0.15, 0.2) is 0 Å². The van der Waals surface area contributed by atoms with Gasteiger partial charge in [0.05, 0.1) is 12.2 Å². The number of amides is 1. The number of rotatable bonds is 2. The third-order valence-electron chi connectivity index (χ3n) is 5.53. The zero-order chi connectivity index (χ0) is 16.6. The third kappa shape index (κ3) is 3.48. The van der Waals surface area contributed by atoms with Crippen molar-refractivity contribution in [2.45, 2.75) is 64.2 Å². The molecule has 2 fully saturated rings. The number of carbonyl (C=O) groups excluding carboxylic acids is 1. The molecule has 126 valence electrons. The van der Waals surface area contributed by atoms with Gasteiger partial charge in [-0.05, 0) is 37.3 Å². The van der Waals surface area contributed by atoms with Crippen molar-refractivity contribution >= 4 is 21.8 Å². The maximum atomic E-state index is 11.8. The maximum absolute atomic E-state index is 11.8. The standard InChI is InChI=1S/C19H26BrNO2/c1-12-8-9-15-17(10-12)23-18(11-19(15,3)21-13(2)22)14-6-4-5-7-16(14)20/h4-7,12,15,17-18H,8-11H2,1-3H3,(H,21,22)/t12-,15-,17-,18-,19-/m1/s1. The van der Waals surface area contributed by atoms with Crippen molar-refractivity contribution < 1.29 is 9.53 Å². The lowest BCUT2D eigenvalue weighted by Gasteiger charge is -2.52. The molecule has 5 atom stereocenters. The van der Waals surface area contributed by atoms with E-state index in [0.29, 0.717) is 11.8 Å². The molecule has 1 aromatic carbocycles. The van der Waals surface area contributed by atoms with Crippen molar-refractivity contribution in [3.63, 3.8) is 0 Å². The predicted octanol–water partition coefficient (Wildman–Crippen LogP) is 4.61. The molecule has 2 aliphatic rings. The molecular weight excluding hydrogens is 354 g/mol. The molecule has 1 amide bonds. The van der Waals surface area contributed by atoms with Crippen LogP contribution in [0.5, 0.6) is 0 Å². The van der Waals surface area contributed by atoms with E-state index < -0.39 is 0 Å². The van der Waals surface area contributed by atoms with Gasteiger partial charge in [0.25, 0.3) is 0 Å². The van der Waals surface area contributed by atoms with Crippen LogP contribution < -0.4 is 5.32 Å². The molecule has 1 heterocycles. The van der Waals surface area contributed by atoms with Gasteiger partial charge in [0, 0.05) is 29.3 Å². The van der Waals surface area contributed by atoms with E-state index in [1.807, 2.05) is 6.07 Å². The summed E-state index contributed by atoms with van der Waals surface area (Å²) in [4.78, 5) is 11.8. The lowest BCUT2D eigenvalue weighted by atomic mass is 9.66. The van der Waals surface area contributed by atoms with E-state index in [2.05, 4.69) is 53.3 Å². The van der Waals surface area contributed by atoms with Gasteiger partial charge in [-0.25, -0.2) is 0 Å². The van der Waals surface area contributed by atoms with Crippen LogP contribution in [0.2, 0.25) is 0 Å². The molecule has 1 aliphatic heterocycles. The Hall–Kier alpha value is -0.870. The Morgan fingerprint density at radius 3 is 2.78 bits per heavy atom. The van der Waals surface area contributed by atoms with E-state index >= 15 is 0 Å². The van der Waals surface area contributed by atoms with Crippen LogP contribution in [-0.4, -0.2) is 17.6 Å². The summed E-state index contributed by atoms with van der Waals surface area (Å²) in [6, 6.07) is 8.25. The predicted molar refractivity (Wildman–Crippen MR) is 95.1 cm³/mol. The number of hydrogen-bond acceptors (Lipinski definition) is 2. The summed E-state index contributed by atoms with van der Waals surface area (Å²) in [6.45, 7) is 6.13. The monoisotopic (exact) mass is 379 g/mol. The van der Waals surface area contributed by atoms with Crippen molar-refractivity contribution in [1.29, 1.82) is 0 Å².